The summed E-state index contributed by atoms with van der Waals surface area (Å²) in [5.74, 6) is 8.17. The predicted octanol–water partition coefficient (Wildman–Crippen LogP) is 12.0. The average Bonchev–Trinajstić information content (AvgIpc) is 3.25. The Bertz CT molecular complexity index is 1860. The summed E-state index contributed by atoms with van der Waals surface area (Å²) in [6, 6.07) is 9.78. The molecular weight excluding hydrogens is 663 g/mol. The van der Waals surface area contributed by atoms with E-state index >= 15 is 0 Å². The summed E-state index contributed by atoms with van der Waals surface area (Å²) in [4.78, 5) is 0. The van der Waals surface area contributed by atoms with Crippen molar-refractivity contribution in [2.24, 2.45) is 71.0 Å². The van der Waals surface area contributed by atoms with Gasteiger partial charge >= 0.3 is 0 Å². The van der Waals surface area contributed by atoms with Crippen molar-refractivity contribution in [3.05, 3.63) is 131 Å². The highest BCUT2D eigenvalue weighted by atomic mass is 14.9. The van der Waals surface area contributed by atoms with Crippen LogP contribution in [-0.4, -0.2) is 12.6 Å². The van der Waals surface area contributed by atoms with Gasteiger partial charge < -0.3 is 5.32 Å². The van der Waals surface area contributed by atoms with Gasteiger partial charge in [0.05, 0.1) is 0 Å². The van der Waals surface area contributed by atoms with Crippen molar-refractivity contribution < 1.29 is 0 Å². The Morgan fingerprint density at radius 1 is 0.836 bits per heavy atom. The highest BCUT2D eigenvalue weighted by Crippen LogP contribution is 2.50. The first-order valence-electron chi connectivity index (χ1n) is 23.0. The Balaban J connectivity index is 1.01. The topological polar surface area (TPSA) is 12.0 Å². The van der Waals surface area contributed by atoms with E-state index < -0.39 is 0 Å². The van der Waals surface area contributed by atoms with Gasteiger partial charge in [-0.2, -0.15) is 0 Å². The zero-order valence-corrected chi connectivity index (χ0v) is 34.7. The van der Waals surface area contributed by atoms with Crippen LogP contribution in [0.25, 0.3) is 11.6 Å². The molecule has 292 valence electrons. The van der Waals surface area contributed by atoms with Gasteiger partial charge in [0.1, 0.15) is 0 Å². The van der Waals surface area contributed by atoms with E-state index in [0.717, 1.165) is 30.2 Å². The molecule has 1 aromatic carbocycles. The van der Waals surface area contributed by atoms with Crippen molar-refractivity contribution in [2.75, 3.05) is 6.54 Å². The van der Waals surface area contributed by atoms with Gasteiger partial charge in [-0.1, -0.05) is 155 Å². The summed E-state index contributed by atoms with van der Waals surface area (Å²) in [6.45, 7) is 10.7. The van der Waals surface area contributed by atoms with E-state index in [2.05, 4.69) is 148 Å². The molecule has 1 heteroatoms. The van der Waals surface area contributed by atoms with Crippen LogP contribution in [0.4, 0.5) is 0 Å². The van der Waals surface area contributed by atoms with Gasteiger partial charge in [-0.25, -0.2) is 0 Å². The lowest BCUT2D eigenvalue weighted by molar-refractivity contribution is 0.0633. The van der Waals surface area contributed by atoms with Crippen LogP contribution in [0.2, 0.25) is 0 Å². The number of fused-ring (bicyclic) bond motifs is 3. The third kappa shape index (κ3) is 8.59. The van der Waals surface area contributed by atoms with Crippen molar-refractivity contribution >= 4 is 11.6 Å². The van der Waals surface area contributed by atoms with Gasteiger partial charge in [-0.3, -0.25) is 0 Å². The van der Waals surface area contributed by atoms with E-state index in [1.807, 2.05) is 0 Å². The minimum Gasteiger partial charge on any atom is -0.310 e. The lowest BCUT2D eigenvalue weighted by atomic mass is 9.58. The highest BCUT2D eigenvalue weighted by Gasteiger charge is 2.43. The molecule has 55 heavy (non-hydrogen) atoms. The summed E-state index contributed by atoms with van der Waals surface area (Å²) >= 11 is 0. The quantitative estimate of drug-likeness (QED) is 0.211. The maximum atomic E-state index is 4.26. The van der Waals surface area contributed by atoms with Crippen LogP contribution in [0.5, 0.6) is 0 Å². The van der Waals surface area contributed by atoms with Gasteiger partial charge in [0.25, 0.3) is 0 Å². The molecule has 8 rings (SSSR count). The third-order valence-corrected chi connectivity index (χ3v) is 15.8. The fourth-order valence-electron chi connectivity index (χ4n) is 12.3. The van der Waals surface area contributed by atoms with E-state index in [1.54, 1.807) is 11.1 Å². The Kier molecular flexibility index (Phi) is 12.6. The molecule has 12 unspecified atom stereocenters. The molecule has 13 atom stereocenters. The molecule has 7 aliphatic carbocycles. The summed E-state index contributed by atoms with van der Waals surface area (Å²) in [7, 11) is 0. The van der Waals surface area contributed by atoms with Crippen molar-refractivity contribution in [1.82, 2.24) is 5.32 Å². The average molecular weight is 734 g/mol. The Hall–Kier alpha value is -3.16. The summed E-state index contributed by atoms with van der Waals surface area (Å²) in [6.07, 6.45) is 53.1. The first kappa shape index (κ1) is 38.7. The smallest absolute Gasteiger partial charge is 0.0256 e. The SMILES string of the molecule is C/C=C(\CC(C)CC)C1=CCC(C2C=CC(C(C)C3CCCCC3C(CNC3C=C[C@H]4C=CC=CC4C3)C3C=c4ccccc4=C4C=CCCC43)CC2)C=C1. The largest absolute Gasteiger partial charge is 0.310 e. The Morgan fingerprint density at radius 2 is 1.69 bits per heavy atom. The van der Waals surface area contributed by atoms with E-state index in [1.165, 1.54) is 93.1 Å². The van der Waals surface area contributed by atoms with E-state index in [-0.39, 0.29) is 0 Å². The molecule has 1 N–H and O–H groups in total. The minimum absolute atomic E-state index is 0.465. The van der Waals surface area contributed by atoms with Crippen molar-refractivity contribution in [1.29, 1.82) is 0 Å². The molecular formula is C54H71N. The van der Waals surface area contributed by atoms with Gasteiger partial charge in [0.2, 0.25) is 0 Å². The zero-order chi connectivity index (χ0) is 37.7. The van der Waals surface area contributed by atoms with Crippen molar-refractivity contribution in [2.45, 2.75) is 111 Å². The van der Waals surface area contributed by atoms with Gasteiger partial charge in [0, 0.05) is 12.0 Å². The fourth-order valence-corrected chi connectivity index (χ4v) is 12.3. The molecule has 1 fully saturated rings. The number of hydrogen-bond acceptors (Lipinski definition) is 1. The number of allylic oxidation sites excluding steroid dienone is 15. The van der Waals surface area contributed by atoms with Crippen molar-refractivity contribution in [3.63, 3.8) is 0 Å². The predicted molar refractivity (Wildman–Crippen MR) is 236 cm³/mol. The van der Waals surface area contributed by atoms with Crippen molar-refractivity contribution in [3.8, 4) is 0 Å². The molecule has 0 aromatic heterocycles. The maximum Gasteiger partial charge on any atom is 0.0256 e. The lowest BCUT2D eigenvalue weighted by Gasteiger charge is -2.48. The summed E-state index contributed by atoms with van der Waals surface area (Å²) in [5, 5.41) is 7.23. The number of rotatable bonds is 12. The molecule has 0 aliphatic heterocycles. The van der Waals surface area contributed by atoms with E-state index in [0.29, 0.717) is 53.4 Å². The van der Waals surface area contributed by atoms with Crippen LogP contribution in [0, 0.1) is 71.0 Å². The zero-order valence-electron chi connectivity index (χ0n) is 34.7. The van der Waals surface area contributed by atoms with Gasteiger partial charge in [0.15, 0.2) is 0 Å². The standard InChI is InChI=1S/C54H71N/c1-5-37(3)33-39(6-2)42-27-29-44(30-28-42)43-25-23-40(24-26-43)38(4)48-18-11-12-20-50(48)54(36-55-47-32-31-41-15-7-8-16-45(41)34-47)53-35-46-17-9-10-19-49(46)51-21-13-14-22-52(51)53/h6-10,13,15-17,19,21,23,25,27-29,31-32,35,37-38,40-41,43-45,47-48,50,52-55H,5,11-12,14,18,20,22,24,26,30,33-34,36H2,1-4H3/b39-6+/t37?,38?,40?,41-,43?,44?,45?,47?,48?,50?,52?,53?,54?/m1/s1. The number of hydrogen-bond donors (Lipinski definition) is 1. The monoisotopic (exact) mass is 734 g/mol. The van der Waals surface area contributed by atoms with E-state index in [9.17, 15) is 0 Å². The molecule has 0 radical (unpaired) electrons. The molecule has 1 aromatic rings. The lowest BCUT2D eigenvalue weighted by Crippen LogP contribution is -2.48. The molecule has 0 heterocycles. The fraction of sp³-hybridized carbons (Fsp3) is 0.556. The van der Waals surface area contributed by atoms with Gasteiger partial charge in [-0.15, -0.1) is 0 Å². The van der Waals surface area contributed by atoms with Crippen LogP contribution >= 0.6 is 0 Å². The maximum absolute atomic E-state index is 4.26. The summed E-state index contributed by atoms with van der Waals surface area (Å²) < 4.78 is 0. The molecule has 1 nitrogen and oxygen atoms in total. The second-order valence-corrected chi connectivity index (χ2v) is 18.9. The Morgan fingerprint density at radius 3 is 2.49 bits per heavy atom. The second-order valence-electron chi connectivity index (χ2n) is 18.9. The summed E-state index contributed by atoms with van der Waals surface area (Å²) in [5.41, 5.74) is 4.65. The normalized spacial score (nSPS) is 35.6. The van der Waals surface area contributed by atoms with Crippen LogP contribution in [0.3, 0.4) is 0 Å². The van der Waals surface area contributed by atoms with Crippen LogP contribution in [0.1, 0.15) is 105 Å². The number of nitrogens with one attached hydrogen (secondary N) is 1. The second kappa shape index (κ2) is 18.0. The highest BCUT2D eigenvalue weighted by molar-refractivity contribution is 5.65. The molecule has 0 bridgehead atoms. The third-order valence-electron chi connectivity index (χ3n) is 15.8. The molecule has 0 saturated heterocycles. The van der Waals surface area contributed by atoms with E-state index in [4.69, 9.17) is 0 Å². The van der Waals surface area contributed by atoms with Crippen LogP contribution in [-0.2, 0) is 0 Å². The number of benzene rings is 1. The first-order valence-corrected chi connectivity index (χ1v) is 23.0. The molecule has 0 amide bonds. The molecule has 1 saturated carbocycles. The minimum atomic E-state index is 0.465. The van der Waals surface area contributed by atoms with Crippen LogP contribution < -0.4 is 15.8 Å². The van der Waals surface area contributed by atoms with Gasteiger partial charge in [-0.05, 0) is 164 Å². The Labute approximate surface area is 335 Å². The molecule has 7 aliphatic rings. The first-order chi connectivity index (χ1) is 27.0. The molecule has 0 spiro atoms. The van der Waals surface area contributed by atoms with Crippen LogP contribution in [0.15, 0.2) is 120 Å².